The Morgan fingerprint density at radius 1 is 1.00 bits per heavy atom. The first-order valence-electron chi connectivity index (χ1n) is 8.54. The van der Waals surface area contributed by atoms with Crippen molar-refractivity contribution in [2.75, 3.05) is 7.11 Å². The fourth-order valence-electron chi connectivity index (χ4n) is 2.65. The molecular weight excluding hydrogens is 383 g/mol. The smallest absolute Gasteiger partial charge is 0.320 e. The largest absolute Gasteiger partial charge is 0.467 e. The Morgan fingerprint density at radius 3 is 2.33 bits per heavy atom. The summed E-state index contributed by atoms with van der Waals surface area (Å²) in [5, 5.41) is 0.544. The second-order valence-electron chi connectivity index (χ2n) is 6.37. The van der Waals surface area contributed by atoms with E-state index in [0.29, 0.717) is 34.7 Å². The number of methoxy groups -OCH3 is 1. The lowest BCUT2D eigenvalue weighted by atomic mass is 10.0. The van der Waals surface area contributed by atoms with Gasteiger partial charge in [-0.15, -0.1) is 0 Å². The van der Waals surface area contributed by atoms with E-state index in [9.17, 15) is 0 Å². The zero-order valence-electron chi connectivity index (χ0n) is 15.3. The van der Waals surface area contributed by atoms with Crippen molar-refractivity contribution in [3.8, 4) is 28.8 Å². The molecule has 1 aromatic heterocycles. The Bertz CT molecular complexity index is 930. The number of hydrogen-bond donors (Lipinski definition) is 1. The number of aromatic nitrogens is 3. The van der Waals surface area contributed by atoms with E-state index in [0.717, 1.165) is 11.1 Å². The monoisotopic (exact) mass is 402 g/mol. The van der Waals surface area contributed by atoms with Gasteiger partial charge in [0.05, 0.1) is 12.1 Å². The summed E-state index contributed by atoms with van der Waals surface area (Å²) in [6, 6.07) is 14.0. The molecule has 0 amide bonds. The number of hydrogen-bond acceptors (Lipinski definition) is 5. The lowest BCUT2D eigenvalue weighted by molar-refractivity contribution is 0.379. The van der Waals surface area contributed by atoms with Gasteiger partial charge in [-0.1, -0.05) is 55.8 Å². The first-order valence-corrected chi connectivity index (χ1v) is 9.30. The van der Waals surface area contributed by atoms with E-state index in [-0.39, 0.29) is 6.01 Å². The molecule has 0 fully saturated rings. The van der Waals surface area contributed by atoms with Crippen LogP contribution in [0, 0.1) is 0 Å². The molecule has 0 radical (unpaired) electrons. The zero-order valence-corrected chi connectivity index (χ0v) is 16.8. The van der Waals surface area contributed by atoms with Gasteiger partial charge in [0, 0.05) is 17.7 Å². The van der Waals surface area contributed by atoms with Crippen molar-refractivity contribution in [3.63, 3.8) is 0 Å². The molecule has 140 valence electrons. The maximum Gasteiger partial charge on any atom is 0.320 e. The van der Waals surface area contributed by atoms with Crippen LogP contribution in [0.25, 0.3) is 22.8 Å². The molecule has 0 aliphatic rings. The second kappa shape index (κ2) is 8.65. The lowest BCUT2D eigenvalue weighted by Crippen LogP contribution is -2.02. The summed E-state index contributed by atoms with van der Waals surface area (Å²) >= 11 is 12.0. The third kappa shape index (κ3) is 4.56. The van der Waals surface area contributed by atoms with E-state index in [4.69, 9.17) is 28.1 Å². The molecule has 0 spiro atoms. The molecule has 3 aromatic rings. The molecule has 1 heterocycles. The maximum atomic E-state index is 6.39. The van der Waals surface area contributed by atoms with Crippen LogP contribution in [-0.4, -0.2) is 22.1 Å². The van der Waals surface area contributed by atoms with Gasteiger partial charge in [0.1, 0.15) is 0 Å². The molecule has 0 saturated heterocycles. The van der Waals surface area contributed by atoms with Gasteiger partial charge in [0.15, 0.2) is 11.6 Å². The molecule has 0 aliphatic heterocycles. The van der Waals surface area contributed by atoms with Gasteiger partial charge in [0.25, 0.3) is 0 Å². The quantitative estimate of drug-likeness (QED) is 0.571. The number of nitrogens with zero attached hydrogens (tertiary/aromatic N) is 3. The van der Waals surface area contributed by atoms with Crippen LogP contribution in [0.5, 0.6) is 6.01 Å². The fourth-order valence-corrected chi connectivity index (χ4v) is 3.00. The van der Waals surface area contributed by atoms with Gasteiger partial charge in [-0.05, 0) is 41.0 Å². The van der Waals surface area contributed by atoms with Gasteiger partial charge in [-0.25, -0.2) is 9.82 Å². The summed E-state index contributed by atoms with van der Waals surface area (Å²) in [4.78, 5) is 16.0. The second-order valence-corrected chi connectivity index (χ2v) is 7.05. The Kier molecular flexibility index (Phi) is 6.26. The highest BCUT2D eigenvalue weighted by atomic mass is 35.5. The van der Waals surface area contributed by atoms with Crippen LogP contribution in [0.15, 0.2) is 42.5 Å². The highest BCUT2D eigenvalue weighted by molar-refractivity contribution is 6.33. The number of rotatable bonds is 6. The number of nitrogens with one attached hydrogen (secondary N) is 1. The van der Waals surface area contributed by atoms with Gasteiger partial charge < -0.3 is 4.74 Å². The van der Waals surface area contributed by atoms with Crippen LogP contribution in [-0.2, 0) is 6.54 Å². The summed E-state index contributed by atoms with van der Waals surface area (Å²) in [6.45, 7) is 4.81. The average molecular weight is 403 g/mol. The van der Waals surface area contributed by atoms with Crippen LogP contribution in [0.4, 0.5) is 0 Å². The molecular formula is C20H20Cl2N4O. The van der Waals surface area contributed by atoms with E-state index >= 15 is 0 Å². The van der Waals surface area contributed by atoms with Crippen molar-refractivity contribution < 1.29 is 4.74 Å². The summed E-state index contributed by atoms with van der Waals surface area (Å²) in [6.07, 6.45) is 0. The third-order valence-corrected chi connectivity index (χ3v) is 4.64. The minimum atomic E-state index is 0.236. The van der Waals surface area contributed by atoms with Crippen LogP contribution in [0.1, 0.15) is 30.9 Å². The van der Waals surface area contributed by atoms with Crippen LogP contribution in [0.2, 0.25) is 5.02 Å². The maximum absolute atomic E-state index is 6.39. The van der Waals surface area contributed by atoms with E-state index in [1.165, 1.54) is 12.7 Å². The Balaban J connectivity index is 2.08. The molecule has 0 aliphatic carbocycles. The van der Waals surface area contributed by atoms with Gasteiger partial charge in [0.2, 0.25) is 0 Å². The molecule has 2 aromatic carbocycles. The number of benzene rings is 2. The van der Waals surface area contributed by atoms with Crippen LogP contribution >= 0.6 is 23.4 Å². The molecule has 0 unspecified atom stereocenters. The van der Waals surface area contributed by atoms with Crippen molar-refractivity contribution in [3.05, 3.63) is 58.6 Å². The lowest BCUT2D eigenvalue weighted by Gasteiger charge is -2.10. The van der Waals surface area contributed by atoms with E-state index < -0.39 is 0 Å². The number of halogens is 2. The van der Waals surface area contributed by atoms with Crippen molar-refractivity contribution in [1.29, 1.82) is 0 Å². The van der Waals surface area contributed by atoms with Gasteiger partial charge in [-0.3, -0.25) is 0 Å². The molecule has 0 saturated carbocycles. The predicted octanol–water partition coefficient (Wildman–Crippen LogP) is 5.23. The fraction of sp³-hybridized carbons (Fsp3) is 0.250. The van der Waals surface area contributed by atoms with Crippen LogP contribution in [0.3, 0.4) is 0 Å². The molecule has 5 nitrogen and oxygen atoms in total. The predicted molar refractivity (Wildman–Crippen MR) is 109 cm³/mol. The molecule has 3 rings (SSSR count). The SMILES string of the molecule is COc1nc(-c2ccc(C(C)C)cc2)nc(-c2cc(CNCl)ccc2Cl)n1. The van der Waals surface area contributed by atoms with Crippen molar-refractivity contribution in [2.24, 2.45) is 0 Å². The summed E-state index contributed by atoms with van der Waals surface area (Å²) < 4.78 is 5.28. The first-order chi connectivity index (χ1) is 13.0. The molecule has 27 heavy (non-hydrogen) atoms. The Hall–Kier alpha value is -2.21. The van der Waals surface area contributed by atoms with Crippen molar-refractivity contribution >= 4 is 23.4 Å². The Morgan fingerprint density at radius 2 is 1.70 bits per heavy atom. The normalized spacial score (nSPS) is 11.0. The van der Waals surface area contributed by atoms with Gasteiger partial charge >= 0.3 is 6.01 Å². The topological polar surface area (TPSA) is 59.9 Å². The summed E-state index contributed by atoms with van der Waals surface area (Å²) in [5.41, 5.74) is 3.80. The van der Waals surface area contributed by atoms with E-state index in [2.05, 4.69) is 45.8 Å². The van der Waals surface area contributed by atoms with Gasteiger partial charge in [-0.2, -0.15) is 9.97 Å². The first kappa shape index (κ1) is 19.5. The summed E-state index contributed by atoms with van der Waals surface area (Å²) in [5.74, 6) is 1.44. The standard InChI is InChI=1S/C20H20Cl2N4O/c1-12(2)14-5-7-15(8-6-14)18-24-19(26-20(25-18)27-3)16-10-13(11-23-22)4-9-17(16)21/h4-10,12,23H,11H2,1-3H3. The molecule has 7 heteroatoms. The molecule has 0 bridgehead atoms. The summed E-state index contributed by atoms with van der Waals surface area (Å²) in [7, 11) is 1.53. The zero-order chi connectivity index (χ0) is 19.4. The minimum absolute atomic E-state index is 0.236. The molecule has 1 N–H and O–H groups in total. The van der Waals surface area contributed by atoms with E-state index in [1.54, 1.807) is 6.07 Å². The Labute approximate surface area is 168 Å². The van der Waals surface area contributed by atoms with Crippen molar-refractivity contribution in [1.82, 2.24) is 19.8 Å². The average Bonchev–Trinajstić information content (AvgIpc) is 2.69. The number of ether oxygens (including phenoxy) is 1. The van der Waals surface area contributed by atoms with Crippen molar-refractivity contribution in [2.45, 2.75) is 26.3 Å². The van der Waals surface area contributed by atoms with E-state index in [1.807, 2.05) is 24.3 Å². The highest BCUT2D eigenvalue weighted by Gasteiger charge is 2.14. The third-order valence-electron chi connectivity index (χ3n) is 4.18. The molecule has 0 atom stereocenters. The van der Waals surface area contributed by atoms with Crippen LogP contribution < -0.4 is 9.57 Å². The highest BCUT2D eigenvalue weighted by Crippen LogP contribution is 2.29. The minimum Gasteiger partial charge on any atom is -0.467 e.